The van der Waals surface area contributed by atoms with Crippen LogP contribution >= 0.6 is 12.6 Å². The first-order valence-corrected chi connectivity index (χ1v) is 5.23. The van der Waals surface area contributed by atoms with Gasteiger partial charge in [0.2, 0.25) is 0 Å². The van der Waals surface area contributed by atoms with E-state index in [4.69, 9.17) is 0 Å². The summed E-state index contributed by atoms with van der Waals surface area (Å²) >= 11 is 4.22. The van der Waals surface area contributed by atoms with E-state index in [2.05, 4.69) is 32.4 Å². The number of nitrogens with zero attached hydrogens (tertiary/aromatic N) is 4. The van der Waals surface area contributed by atoms with Crippen molar-refractivity contribution in [3.63, 3.8) is 0 Å². The largest absolute Gasteiger partial charge is 0.465 e. The predicted molar refractivity (Wildman–Crippen MR) is 62.5 cm³/mol. The van der Waals surface area contributed by atoms with Crippen LogP contribution in [-0.2, 0) is 4.74 Å². The molecule has 2 rings (SSSR count). The molecule has 7 heteroatoms. The minimum absolute atomic E-state index is 0.279. The van der Waals surface area contributed by atoms with Gasteiger partial charge in [0, 0.05) is 11.9 Å². The van der Waals surface area contributed by atoms with Crippen LogP contribution in [0.25, 0.3) is 5.95 Å². The molecule has 2 heterocycles. The summed E-state index contributed by atoms with van der Waals surface area (Å²) in [5.74, 6) is -0.126. The third kappa shape index (κ3) is 2.14. The third-order valence-corrected chi connectivity index (χ3v) is 2.55. The van der Waals surface area contributed by atoms with Gasteiger partial charge in [0.25, 0.3) is 5.95 Å². The number of esters is 1. The van der Waals surface area contributed by atoms with Gasteiger partial charge in [-0.15, -0.1) is 12.6 Å². The molecule has 0 radical (unpaired) electrons. The first kappa shape index (κ1) is 11.6. The Bertz CT molecular complexity index is 567. The van der Waals surface area contributed by atoms with Gasteiger partial charge in [0.05, 0.1) is 13.3 Å². The van der Waals surface area contributed by atoms with Gasteiger partial charge in [-0.05, 0) is 13.0 Å². The highest BCUT2D eigenvalue weighted by atomic mass is 32.1. The second kappa shape index (κ2) is 4.54. The fourth-order valence-electron chi connectivity index (χ4n) is 1.28. The van der Waals surface area contributed by atoms with Gasteiger partial charge in [-0.25, -0.2) is 14.8 Å². The zero-order valence-electron chi connectivity index (χ0n) is 9.28. The molecule has 17 heavy (non-hydrogen) atoms. The summed E-state index contributed by atoms with van der Waals surface area (Å²) in [6.07, 6.45) is 2.99. The molecular weight excluding hydrogens is 240 g/mol. The Morgan fingerprint density at radius 3 is 2.94 bits per heavy atom. The second-order valence-corrected chi connectivity index (χ2v) is 3.71. The summed E-state index contributed by atoms with van der Waals surface area (Å²) in [5.41, 5.74) is 1.08. The zero-order valence-corrected chi connectivity index (χ0v) is 10.2. The van der Waals surface area contributed by atoms with Crippen LogP contribution in [0.5, 0.6) is 0 Å². The van der Waals surface area contributed by atoms with Crippen LogP contribution in [0.4, 0.5) is 0 Å². The van der Waals surface area contributed by atoms with Gasteiger partial charge < -0.3 is 4.74 Å². The van der Waals surface area contributed by atoms with Crippen LogP contribution < -0.4 is 0 Å². The monoisotopic (exact) mass is 250 g/mol. The van der Waals surface area contributed by atoms with Crippen molar-refractivity contribution in [3.05, 3.63) is 29.7 Å². The Balaban J connectivity index is 2.48. The standard InChI is InChI=1S/C10H10N4O2S/c1-6-3-4-11-10(13-6)14-8(17)7(5-12-14)9(15)16-2/h3-5,17H,1-2H3. The van der Waals surface area contributed by atoms with Crippen molar-refractivity contribution in [1.29, 1.82) is 0 Å². The fourth-order valence-corrected chi connectivity index (χ4v) is 1.57. The van der Waals surface area contributed by atoms with Crippen LogP contribution in [0.2, 0.25) is 0 Å². The smallest absolute Gasteiger partial charge is 0.342 e. The highest BCUT2D eigenvalue weighted by Gasteiger charge is 2.17. The van der Waals surface area contributed by atoms with Crippen molar-refractivity contribution in [2.24, 2.45) is 0 Å². The molecule has 2 aromatic rings. The Hall–Kier alpha value is -1.89. The summed E-state index contributed by atoms with van der Waals surface area (Å²) in [4.78, 5) is 19.6. The first-order chi connectivity index (χ1) is 8.13. The fraction of sp³-hybridized carbons (Fsp3) is 0.200. The molecule has 0 aromatic carbocycles. The molecule has 0 saturated carbocycles. The Morgan fingerprint density at radius 1 is 1.53 bits per heavy atom. The molecular formula is C10H10N4O2S. The number of carbonyl (C=O) groups is 1. The number of aryl methyl sites for hydroxylation is 1. The van der Waals surface area contributed by atoms with E-state index in [-0.39, 0.29) is 5.56 Å². The van der Waals surface area contributed by atoms with Crippen molar-refractivity contribution >= 4 is 18.6 Å². The number of aromatic nitrogens is 4. The molecule has 0 saturated heterocycles. The lowest BCUT2D eigenvalue weighted by molar-refractivity contribution is 0.0596. The van der Waals surface area contributed by atoms with Crippen LogP contribution in [0, 0.1) is 6.92 Å². The van der Waals surface area contributed by atoms with E-state index < -0.39 is 5.97 Å². The second-order valence-electron chi connectivity index (χ2n) is 3.28. The normalized spacial score (nSPS) is 10.3. The molecule has 0 amide bonds. The van der Waals surface area contributed by atoms with Gasteiger partial charge >= 0.3 is 5.97 Å². The SMILES string of the molecule is COC(=O)c1cnn(-c2nccc(C)n2)c1S. The molecule has 0 unspecified atom stereocenters. The quantitative estimate of drug-likeness (QED) is 0.637. The van der Waals surface area contributed by atoms with Crippen molar-refractivity contribution in [2.45, 2.75) is 11.9 Å². The van der Waals surface area contributed by atoms with E-state index in [0.717, 1.165) is 5.69 Å². The van der Waals surface area contributed by atoms with E-state index in [1.165, 1.54) is 18.0 Å². The van der Waals surface area contributed by atoms with Crippen molar-refractivity contribution < 1.29 is 9.53 Å². The van der Waals surface area contributed by atoms with Crippen LogP contribution in [0.3, 0.4) is 0 Å². The number of thiol groups is 1. The Morgan fingerprint density at radius 2 is 2.29 bits per heavy atom. The van der Waals surface area contributed by atoms with E-state index in [1.54, 1.807) is 12.3 Å². The average Bonchev–Trinajstić information content (AvgIpc) is 2.70. The van der Waals surface area contributed by atoms with Crippen molar-refractivity contribution in [1.82, 2.24) is 19.7 Å². The van der Waals surface area contributed by atoms with Crippen LogP contribution in [-0.4, -0.2) is 32.8 Å². The predicted octanol–water partition coefficient (Wildman–Crippen LogP) is 1.05. The number of methoxy groups -OCH3 is 1. The number of ether oxygens (including phenoxy) is 1. The first-order valence-electron chi connectivity index (χ1n) is 4.79. The van der Waals surface area contributed by atoms with Gasteiger partial charge in [-0.3, -0.25) is 0 Å². The zero-order chi connectivity index (χ0) is 12.4. The van der Waals surface area contributed by atoms with Gasteiger partial charge in [0.1, 0.15) is 10.6 Å². The summed E-state index contributed by atoms with van der Waals surface area (Å²) in [7, 11) is 1.30. The molecule has 88 valence electrons. The highest BCUT2D eigenvalue weighted by molar-refractivity contribution is 7.80. The van der Waals surface area contributed by atoms with Crippen LogP contribution in [0.1, 0.15) is 16.1 Å². The molecule has 0 bridgehead atoms. The Kier molecular flexibility index (Phi) is 3.10. The molecule has 0 aliphatic carbocycles. The lowest BCUT2D eigenvalue weighted by Crippen LogP contribution is -2.06. The summed E-state index contributed by atoms with van der Waals surface area (Å²) in [6, 6.07) is 1.77. The number of rotatable bonds is 2. The summed E-state index contributed by atoms with van der Waals surface area (Å²) in [5, 5.41) is 4.36. The lowest BCUT2D eigenvalue weighted by atomic mass is 10.4. The van der Waals surface area contributed by atoms with Gasteiger partial charge in [-0.2, -0.15) is 9.78 Å². The van der Waals surface area contributed by atoms with E-state index in [1.807, 2.05) is 6.92 Å². The summed E-state index contributed by atoms with van der Waals surface area (Å²) in [6.45, 7) is 1.84. The molecule has 0 aliphatic rings. The molecule has 0 aliphatic heterocycles. The molecule has 2 aromatic heterocycles. The van der Waals surface area contributed by atoms with Crippen molar-refractivity contribution in [2.75, 3.05) is 7.11 Å². The number of hydrogen-bond acceptors (Lipinski definition) is 6. The number of carbonyl (C=O) groups excluding carboxylic acids is 1. The minimum atomic E-state index is -0.492. The molecule has 0 spiro atoms. The number of hydrogen-bond donors (Lipinski definition) is 1. The molecule has 0 N–H and O–H groups in total. The minimum Gasteiger partial charge on any atom is -0.465 e. The molecule has 0 atom stereocenters. The highest BCUT2D eigenvalue weighted by Crippen LogP contribution is 2.16. The average molecular weight is 250 g/mol. The topological polar surface area (TPSA) is 69.9 Å². The maximum Gasteiger partial charge on any atom is 0.342 e. The molecule has 6 nitrogen and oxygen atoms in total. The van der Waals surface area contributed by atoms with Crippen molar-refractivity contribution in [3.8, 4) is 5.95 Å². The van der Waals surface area contributed by atoms with Gasteiger partial charge in [-0.1, -0.05) is 0 Å². The van der Waals surface area contributed by atoms with Gasteiger partial charge in [0.15, 0.2) is 0 Å². The third-order valence-electron chi connectivity index (χ3n) is 2.12. The lowest BCUT2D eigenvalue weighted by Gasteiger charge is -2.02. The van der Waals surface area contributed by atoms with Crippen LogP contribution in [0.15, 0.2) is 23.5 Å². The summed E-state index contributed by atoms with van der Waals surface area (Å²) < 4.78 is 5.99. The van der Waals surface area contributed by atoms with E-state index >= 15 is 0 Å². The maximum absolute atomic E-state index is 11.4. The maximum atomic E-state index is 11.4. The van der Waals surface area contributed by atoms with E-state index in [0.29, 0.717) is 11.0 Å². The molecule has 0 fully saturated rings. The van der Waals surface area contributed by atoms with E-state index in [9.17, 15) is 4.79 Å². The Labute approximate surface area is 103 Å².